The number of rotatable bonds is 4. The molecular formula is C18H20ClF3N4S. The molecule has 146 valence electrons. The van der Waals surface area contributed by atoms with Crippen molar-refractivity contribution in [1.82, 2.24) is 4.98 Å². The van der Waals surface area contributed by atoms with E-state index in [0.29, 0.717) is 17.4 Å². The van der Waals surface area contributed by atoms with Gasteiger partial charge in [-0.1, -0.05) is 23.9 Å². The Morgan fingerprint density at radius 1 is 1.26 bits per heavy atom. The van der Waals surface area contributed by atoms with E-state index in [4.69, 9.17) is 5.73 Å². The number of hydrogen-bond donors (Lipinski definition) is 2. The van der Waals surface area contributed by atoms with Crippen LogP contribution < -0.4 is 11.1 Å². The van der Waals surface area contributed by atoms with Gasteiger partial charge in [0.25, 0.3) is 0 Å². The molecule has 0 saturated heterocycles. The number of alkyl halides is 3. The third kappa shape index (κ3) is 5.29. The molecule has 0 amide bonds. The summed E-state index contributed by atoms with van der Waals surface area (Å²) in [5.74, 6) is 0.916. The van der Waals surface area contributed by atoms with Gasteiger partial charge in [0.15, 0.2) is 5.17 Å². The molecule has 0 aliphatic carbocycles. The summed E-state index contributed by atoms with van der Waals surface area (Å²) in [6.07, 6.45) is -2.63. The SMILES string of the molecule is CC1(c2cccc(NCc3ccc(C(F)(F)F)cn3)c2)CCSC(N)=N1.Cl. The Kier molecular flexibility index (Phi) is 6.64. The van der Waals surface area contributed by atoms with E-state index in [1.807, 2.05) is 24.3 Å². The number of pyridine rings is 1. The molecule has 1 aliphatic heterocycles. The van der Waals surface area contributed by atoms with E-state index in [2.05, 4.69) is 22.2 Å². The first-order valence-electron chi connectivity index (χ1n) is 8.11. The molecule has 1 aliphatic rings. The van der Waals surface area contributed by atoms with Gasteiger partial charge < -0.3 is 11.1 Å². The lowest BCUT2D eigenvalue weighted by Crippen LogP contribution is -2.28. The second kappa shape index (κ2) is 8.39. The highest BCUT2D eigenvalue weighted by molar-refractivity contribution is 8.13. The number of aliphatic imine (C=N–C) groups is 1. The van der Waals surface area contributed by atoms with E-state index in [1.165, 1.54) is 6.07 Å². The second-order valence-electron chi connectivity index (χ2n) is 6.29. The molecule has 1 aromatic heterocycles. The van der Waals surface area contributed by atoms with Crippen LogP contribution in [0.4, 0.5) is 18.9 Å². The average molecular weight is 417 g/mol. The molecule has 0 fully saturated rings. The van der Waals surface area contributed by atoms with Crippen molar-refractivity contribution < 1.29 is 13.2 Å². The number of benzene rings is 1. The molecule has 3 rings (SSSR count). The molecule has 1 atom stereocenters. The van der Waals surface area contributed by atoms with E-state index < -0.39 is 11.7 Å². The molecule has 2 aromatic rings. The van der Waals surface area contributed by atoms with Gasteiger partial charge in [-0.05, 0) is 43.2 Å². The highest BCUT2D eigenvalue weighted by Crippen LogP contribution is 2.36. The number of hydrogen-bond acceptors (Lipinski definition) is 5. The van der Waals surface area contributed by atoms with Crippen molar-refractivity contribution >= 4 is 35.0 Å². The lowest BCUT2D eigenvalue weighted by molar-refractivity contribution is -0.137. The van der Waals surface area contributed by atoms with Gasteiger partial charge >= 0.3 is 6.18 Å². The van der Waals surface area contributed by atoms with Crippen molar-refractivity contribution in [2.75, 3.05) is 11.1 Å². The van der Waals surface area contributed by atoms with E-state index in [1.54, 1.807) is 11.8 Å². The Hall–Kier alpha value is -1.93. The van der Waals surface area contributed by atoms with Gasteiger partial charge in [-0.15, -0.1) is 12.4 Å². The zero-order chi connectivity index (χ0) is 18.8. The Balaban J connectivity index is 0.00000261. The largest absolute Gasteiger partial charge is 0.417 e. The molecule has 9 heteroatoms. The van der Waals surface area contributed by atoms with E-state index in [9.17, 15) is 13.2 Å². The molecule has 0 saturated carbocycles. The number of nitrogens with two attached hydrogens (primary N) is 1. The minimum absolute atomic E-state index is 0. The summed E-state index contributed by atoms with van der Waals surface area (Å²) in [6, 6.07) is 10.3. The van der Waals surface area contributed by atoms with Crippen LogP contribution in [-0.4, -0.2) is 15.9 Å². The molecular weight excluding hydrogens is 397 g/mol. The lowest BCUT2D eigenvalue weighted by Gasteiger charge is -2.30. The van der Waals surface area contributed by atoms with Gasteiger partial charge in [-0.2, -0.15) is 13.2 Å². The summed E-state index contributed by atoms with van der Waals surface area (Å²) < 4.78 is 37.7. The standard InChI is InChI=1S/C18H19F3N4S.ClH/c1-17(7-8-26-16(22)25-17)12-3-2-4-14(9-12)24-11-15-6-5-13(10-23-15)18(19,20)21;/h2-6,9-10,24H,7-8,11H2,1H3,(H2,22,25);1H. The number of nitrogens with zero attached hydrogens (tertiary/aromatic N) is 2. The quantitative estimate of drug-likeness (QED) is 0.751. The molecule has 1 unspecified atom stereocenters. The first-order valence-corrected chi connectivity index (χ1v) is 9.09. The predicted molar refractivity (Wildman–Crippen MR) is 106 cm³/mol. The van der Waals surface area contributed by atoms with Gasteiger partial charge in [-0.3, -0.25) is 9.98 Å². The number of anilines is 1. The zero-order valence-corrected chi connectivity index (χ0v) is 16.2. The molecule has 3 N–H and O–H groups in total. The summed E-state index contributed by atoms with van der Waals surface area (Å²) in [5.41, 5.74) is 7.20. The van der Waals surface area contributed by atoms with Gasteiger partial charge in [0, 0.05) is 17.6 Å². The smallest absolute Gasteiger partial charge is 0.379 e. The lowest BCUT2D eigenvalue weighted by atomic mass is 9.89. The summed E-state index contributed by atoms with van der Waals surface area (Å²) >= 11 is 1.55. The maximum Gasteiger partial charge on any atom is 0.417 e. The number of amidine groups is 1. The first kappa shape index (κ1) is 21.4. The highest BCUT2D eigenvalue weighted by Gasteiger charge is 2.31. The maximum absolute atomic E-state index is 12.6. The Morgan fingerprint density at radius 3 is 2.67 bits per heavy atom. The van der Waals surface area contributed by atoms with Crippen molar-refractivity contribution in [1.29, 1.82) is 0 Å². The van der Waals surface area contributed by atoms with Crippen LogP contribution in [0.15, 0.2) is 47.6 Å². The minimum atomic E-state index is -4.37. The van der Waals surface area contributed by atoms with Crippen molar-refractivity contribution in [3.63, 3.8) is 0 Å². The van der Waals surface area contributed by atoms with Crippen molar-refractivity contribution in [3.05, 3.63) is 59.4 Å². The van der Waals surface area contributed by atoms with Crippen LogP contribution in [0.3, 0.4) is 0 Å². The minimum Gasteiger partial charge on any atom is -0.379 e. The number of halogens is 4. The predicted octanol–water partition coefficient (Wildman–Crippen LogP) is 4.80. The van der Waals surface area contributed by atoms with Crippen LogP contribution in [0, 0.1) is 0 Å². The molecule has 4 nitrogen and oxygen atoms in total. The van der Waals surface area contributed by atoms with Gasteiger partial charge in [-0.25, -0.2) is 0 Å². The fourth-order valence-corrected chi connectivity index (χ4v) is 3.72. The van der Waals surface area contributed by atoms with Gasteiger partial charge in [0.2, 0.25) is 0 Å². The first-order chi connectivity index (χ1) is 12.3. The Labute approximate surface area is 166 Å². The summed E-state index contributed by atoms with van der Waals surface area (Å²) in [7, 11) is 0. The van der Waals surface area contributed by atoms with Gasteiger partial charge in [0.05, 0.1) is 23.3 Å². The highest BCUT2D eigenvalue weighted by atomic mass is 35.5. The van der Waals surface area contributed by atoms with Crippen molar-refractivity contribution in [2.45, 2.75) is 31.6 Å². The van der Waals surface area contributed by atoms with Crippen LogP contribution in [0.2, 0.25) is 0 Å². The molecule has 0 bridgehead atoms. The molecule has 27 heavy (non-hydrogen) atoms. The number of thioether (sulfide) groups is 1. The summed E-state index contributed by atoms with van der Waals surface area (Å²) in [6.45, 7) is 2.38. The molecule has 0 spiro atoms. The zero-order valence-electron chi connectivity index (χ0n) is 14.6. The topological polar surface area (TPSA) is 63.3 Å². The van der Waals surface area contributed by atoms with Crippen LogP contribution in [0.1, 0.15) is 30.2 Å². The van der Waals surface area contributed by atoms with Crippen LogP contribution in [-0.2, 0) is 18.3 Å². The third-order valence-electron chi connectivity index (χ3n) is 4.31. The van der Waals surface area contributed by atoms with Crippen molar-refractivity contribution in [2.24, 2.45) is 10.7 Å². The number of nitrogens with one attached hydrogen (secondary N) is 1. The van der Waals surface area contributed by atoms with Crippen LogP contribution >= 0.6 is 24.2 Å². The molecule has 0 radical (unpaired) electrons. The third-order valence-corrected chi connectivity index (χ3v) is 5.10. The van der Waals surface area contributed by atoms with Crippen LogP contribution in [0.5, 0.6) is 0 Å². The molecule has 1 aromatic carbocycles. The molecule has 2 heterocycles. The van der Waals surface area contributed by atoms with Crippen molar-refractivity contribution in [3.8, 4) is 0 Å². The van der Waals surface area contributed by atoms with Crippen LogP contribution in [0.25, 0.3) is 0 Å². The Morgan fingerprint density at radius 2 is 2.04 bits per heavy atom. The van der Waals surface area contributed by atoms with E-state index in [-0.39, 0.29) is 17.9 Å². The average Bonchev–Trinajstić information content (AvgIpc) is 2.60. The fraction of sp³-hybridized carbons (Fsp3) is 0.333. The van der Waals surface area contributed by atoms with E-state index >= 15 is 0 Å². The Bertz CT molecular complexity index is 811. The monoisotopic (exact) mass is 416 g/mol. The normalized spacial score (nSPS) is 19.8. The number of aromatic nitrogens is 1. The maximum atomic E-state index is 12.6. The summed E-state index contributed by atoms with van der Waals surface area (Å²) in [4.78, 5) is 8.46. The fourth-order valence-electron chi connectivity index (χ4n) is 2.75. The second-order valence-corrected chi connectivity index (χ2v) is 7.41. The van der Waals surface area contributed by atoms with Gasteiger partial charge in [0.1, 0.15) is 0 Å². The summed E-state index contributed by atoms with van der Waals surface area (Å²) in [5, 5.41) is 3.79. The van der Waals surface area contributed by atoms with E-state index in [0.717, 1.165) is 35.7 Å².